The Bertz CT molecular complexity index is 452. The van der Waals surface area contributed by atoms with E-state index in [1.165, 1.54) is 0 Å². The number of nitrogens with one attached hydrogen (secondary N) is 1. The van der Waals surface area contributed by atoms with Crippen molar-refractivity contribution in [2.24, 2.45) is 5.34 Å². The minimum atomic E-state index is -1.06. The summed E-state index contributed by atoms with van der Waals surface area (Å²) in [6, 6.07) is -0.988. The van der Waals surface area contributed by atoms with Crippen LogP contribution in [0.3, 0.4) is 0 Å². The number of nitrogens with zero attached hydrogens (tertiary/aromatic N) is 1. The monoisotopic (exact) mass is 358 g/mol. The second-order valence-electron chi connectivity index (χ2n) is 5.30. The zero-order valence-corrected chi connectivity index (χ0v) is 14.4. The van der Waals surface area contributed by atoms with E-state index in [0.29, 0.717) is 19.3 Å². The van der Waals surface area contributed by atoms with Gasteiger partial charge in [-0.3, -0.25) is 9.59 Å². The van der Waals surface area contributed by atoms with Crippen molar-refractivity contribution in [3.8, 4) is 0 Å². The van der Waals surface area contributed by atoms with E-state index in [-0.39, 0.29) is 38.4 Å². The molecule has 0 aromatic heterocycles. The van der Waals surface area contributed by atoms with Crippen LogP contribution >= 0.6 is 0 Å². The molecule has 25 heavy (non-hydrogen) atoms. The third-order valence-corrected chi connectivity index (χ3v) is 3.20. The van der Waals surface area contributed by atoms with Crippen molar-refractivity contribution in [2.75, 3.05) is 13.2 Å². The summed E-state index contributed by atoms with van der Waals surface area (Å²) in [5, 5.41) is 13.5. The summed E-state index contributed by atoms with van der Waals surface area (Å²) in [6.07, 6.45) is 6.13. The number of hydrogen-bond donors (Lipinski definition) is 2. The third kappa shape index (κ3) is 13.7. The van der Waals surface area contributed by atoms with Crippen molar-refractivity contribution in [3.05, 3.63) is 17.1 Å². The molecule has 0 fully saturated rings. The number of allylic oxidation sites excluding steroid dienone is 2. The fraction of sp³-hybridized carbons (Fsp3) is 0.688. The quantitative estimate of drug-likeness (QED) is 0.151. The molecule has 0 aliphatic carbocycles. The largest absolute Gasteiger partial charge is 0.481 e. The van der Waals surface area contributed by atoms with Gasteiger partial charge in [0.25, 0.3) is 0 Å². The topological polar surface area (TPSA) is 131 Å². The Kier molecular flexibility index (Phi) is 13.6. The maximum absolute atomic E-state index is 12.0. The van der Waals surface area contributed by atoms with Crippen molar-refractivity contribution in [3.63, 3.8) is 0 Å². The molecule has 0 aromatic rings. The molecule has 0 saturated carbocycles. The third-order valence-electron chi connectivity index (χ3n) is 3.20. The molecule has 0 bridgehead atoms. The maximum Gasteiger partial charge on any atom is 0.328 e. The first kappa shape index (κ1) is 22.6. The van der Waals surface area contributed by atoms with Crippen LogP contribution in [0.2, 0.25) is 0 Å². The fourth-order valence-electron chi connectivity index (χ4n) is 1.91. The number of carboxylic acid groups (broad SMARTS) is 1. The second-order valence-corrected chi connectivity index (χ2v) is 5.30. The summed E-state index contributed by atoms with van der Waals surface area (Å²) in [5.74, 6) is -2.04. The van der Waals surface area contributed by atoms with Gasteiger partial charge in [0.05, 0.1) is 6.61 Å². The van der Waals surface area contributed by atoms with Crippen LogP contribution in [0.1, 0.15) is 51.9 Å². The molecule has 9 heteroatoms. The van der Waals surface area contributed by atoms with E-state index >= 15 is 0 Å². The van der Waals surface area contributed by atoms with Crippen LogP contribution in [0.15, 0.2) is 17.5 Å². The lowest BCUT2D eigenvalue weighted by Crippen LogP contribution is -2.42. The zero-order chi connectivity index (χ0) is 18.9. The molecule has 0 heterocycles. The van der Waals surface area contributed by atoms with Crippen LogP contribution in [0.4, 0.5) is 0 Å². The van der Waals surface area contributed by atoms with Gasteiger partial charge < -0.3 is 20.0 Å². The van der Waals surface area contributed by atoms with Gasteiger partial charge in [0.2, 0.25) is 5.91 Å². The molecule has 2 N–H and O–H groups in total. The van der Waals surface area contributed by atoms with Crippen LogP contribution in [0.5, 0.6) is 0 Å². The molecule has 9 nitrogen and oxygen atoms in total. The van der Waals surface area contributed by atoms with Gasteiger partial charge in [0.15, 0.2) is 5.34 Å². The van der Waals surface area contributed by atoms with E-state index in [0.717, 1.165) is 6.42 Å². The number of amides is 1. The van der Waals surface area contributed by atoms with Crippen molar-refractivity contribution in [2.45, 2.75) is 57.9 Å². The molecular weight excluding hydrogens is 332 g/mol. The normalized spacial score (nSPS) is 11.7. The molecule has 142 valence electrons. The lowest BCUT2D eigenvalue weighted by molar-refractivity contribution is -0.148. The number of carbonyl (C=O) groups excluding carboxylic acids is 2. The number of hydrogen-bond acceptors (Lipinski definition) is 7. The molecule has 0 aliphatic rings. The lowest BCUT2D eigenvalue weighted by atomic mass is 10.1. The number of carbonyl (C=O) groups is 3. The van der Waals surface area contributed by atoms with E-state index in [9.17, 15) is 19.3 Å². The first-order chi connectivity index (χ1) is 12.0. The Morgan fingerprint density at radius 3 is 2.52 bits per heavy atom. The van der Waals surface area contributed by atoms with Gasteiger partial charge in [-0.25, -0.2) is 4.79 Å². The first-order valence-corrected chi connectivity index (χ1v) is 8.24. The van der Waals surface area contributed by atoms with E-state index in [4.69, 9.17) is 9.84 Å². The predicted molar refractivity (Wildman–Crippen MR) is 89.4 cm³/mol. The smallest absolute Gasteiger partial charge is 0.328 e. The van der Waals surface area contributed by atoms with Crippen LogP contribution in [-0.2, 0) is 24.0 Å². The molecule has 1 atom stereocenters. The standard InChI is InChI=1S/C16H26N2O7/c1-2-3-4-5-8-14(19)17-13(9-10-15(20)21)16(22)24-11-6-7-12-25-18-23/h2-3,13H,4-12H2,1H3,(H,17,19)(H,20,21)/b3-2-. The highest BCUT2D eigenvalue weighted by atomic mass is 16.7. The van der Waals surface area contributed by atoms with Crippen molar-refractivity contribution in [1.29, 1.82) is 0 Å². The van der Waals surface area contributed by atoms with Gasteiger partial charge in [-0.05, 0) is 39.0 Å². The summed E-state index contributed by atoms with van der Waals surface area (Å²) in [4.78, 5) is 48.6. The van der Waals surface area contributed by atoms with Gasteiger partial charge in [-0.2, -0.15) is 0 Å². The molecule has 0 rings (SSSR count). The number of unbranched alkanes of at least 4 members (excludes halogenated alkanes) is 2. The first-order valence-electron chi connectivity index (χ1n) is 8.24. The van der Waals surface area contributed by atoms with Gasteiger partial charge in [-0.15, -0.1) is 4.91 Å². The van der Waals surface area contributed by atoms with Crippen LogP contribution < -0.4 is 5.32 Å². The van der Waals surface area contributed by atoms with Gasteiger partial charge in [0.1, 0.15) is 12.6 Å². The fourth-order valence-corrected chi connectivity index (χ4v) is 1.91. The summed E-state index contributed by atoms with van der Waals surface area (Å²) in [5.41, 5.74) is 0. The van der Waals surface area contributed by atoms with E-state index < -0.39 is 18.0 Å². The molecule has 0 spiro atoms. The molecule has 0 radical (unpaired) electrons. The van der Waals surface area contributed by atoms with Crippen molar-refractivity contribution >= 4 is 17.8 Å². The minimum absolute atomic E-state index is 0.0348. The SMILES string of the molecule is C/C=C\CCCC(=O)NC(CCC(=O)O)C(=O)OCCCCON=O. The number of esters is 1. The van der Waals surface area contributed by atoms with Crippen molar-refractivity contribution in [1.82, 2.24) is 5.32 Å². The van der Waals surface area contributed by atoms with Gasteiger partial charge in [-0.1, -0.05) is 12.2 Å². The highest BCUT2D eigenvalue weighted by Crippen LogP contribution is 2.04. The Morgan fingerprint density at radius 2 is 1.88 bits per heavy atom. The number of ether oxygens (including phenoxy) is 1. The number of rotatable bonds is 15. The number of carboxylic acids is 1. The minimum Gasteiger partial charge on any atom is -0.481 e. The molecule has 1 unspecified atom stereocenters. The predicted octanol–water partition coefficient (Wildman–Crippen LogP) is 2.10. The van der Waals surface area contributed by atoms with E-state index in [1.807, 2.05) is 19.1 Å². The van der Waals surface area contributed by atoms with Crippen molar-refractivity contribution < 1.29 is 29.1 Å². The maximum atomic E-state index is 12.0. The Hall–Kier alpha value is -2.45. The highest BCUT2D eigenvalue weighted by molar-refractivity contribution is 5.84. The van der Waals surface area contributed by atoms with Crippen LogP contribution in [0.25, 0.3) is 0 Å². The average Bonchev–Trinajstić information content (AvgIpc) is 2.58. The highest BCUT2D eigenvalue weighted by Gasteiger charge is 2.22. The Balaban J connectivity index is 4.29. The molecule has 0 aromatic carbocycles. The zero-order valence-electron chi connectivity index (χ0n) is 14.4. The van der Waals surface area contributed by atoms with Crippen LogP contribution in [-0.4, -0.2) is 42.2 Å². The summed E-state index contributed by atoms with van der Waals surface area (Å²) >= 11 is 0. The Morgan fingerprint density at radius 1 is 1.16 bits per heavy atom. The molecule has 0 saturated heterocycles. The van der Waals surface area contributed by atoms with Crippen LogP contribution in [0, 0.1) is 4.91 Å². The second kappa shape index (κ2) is 15.1. The lowest BCUT2D eigenvalue weighted by Gasteiger charge is -2.17. The number of aliphatic carboxylic acids is 1. The summed E-state index contributed by atoms with van der Waals surface area (Å²) in [6.45, 7) is 2.10. The summed E-state index contributed by atoms with van der Waals surface area (Å²) in [7, 11) is 0. The van der Waals surface area contributed by atoms with E-state index in [1.54, 1.807) is 0 Å². The Labute approximate surface area is 146 Å². The average molecular weight is 358 g/mol. The summed E-state index contributed by atoms with van der Waals surface area (Å²) < 4.78 is 5.04. The molecule has 1 amide bonds. The molecular formula is C16H26N2O7. The van der Waals surface area contributed by atoms with Gasteiger partial charge in [0, 0.05) is 12.8 Å². The van der Waals surface area contributed by atoms with E-state index in [2.05, 4.69) is 15.5 Å². The van der Waals surface area contributed by atoms with Gasteiger partial charge >= 0.3 is 11.9 Å². The molecule has 0 aliphatic heterocycles.